The van der Waals surface area contributed by atoms with Crippen molar-refractivity contribution in [1.82, 2.24) is 15.6 Å². The van der Waals surface area contributed by atoms with Crippen LogP contribution in [0.5, 0.6) is 0 Å². The highest BCUT2D eigenvalue weighted by Gasteiger charge is 2.16. The smallest absolute Gasteiger partial charge is 0.255 e. The second-order valence-electron chi connectivity index (χ2n) is 6.09. The molecular weight excluding hydrogens is 332 g/mol. The lowest BCUT2D eigenvalue weighted by Crippen LogP contribution is -2.44. The van der Waals surface area contributed by atoms with Crippen LogP contribution < -0.4 is 16.0 Å². The molecule has 2 heterocycles. The Bertz CT molecular complexity index is 728. The zero-order valence-corrected chi connectivity index (χ0v) is 14.4. The van der Waals surface area contributed by atoms with Gasteiger partial charge >= 0.3 is 0 Å². The first-order chi connectivity index (χ1) is 12.7. The highest BCUT2D eigenvalue weighted by atomic mass is 16.5. The number of hydrogen-bond donors (Lipinski definition) is 3. The number of anilines is 1. The Labute approximate surface area is 152 Å². The maximum atomic E-state index is 12.1. The topological polar surface area (TPSA) is 92.4 Å². The molecule has 1 unspecified atom stereocenters. The fourth-order valence-electron chi connectivity index (χ4n) is 2.66. The van der Waals surface area contributed by atoms with Crippen molar-refractivity contribution in [2.75, 3.05) is 25.1 Å². The summed E-state index contributed by atoms with van der Waals surface area (Å²) in [7, 11) is 0. The molecule has 3 N–H and O–H groups in total. The zero-order chi connectivity index (χ0) is 18.2. The van der Waals surface area contributed by atoms with Crippen molar-refractivity contribution in [2.45, 2.75) is 19.0 Å². The van der Waals surface area contributed by atoms with E-state index in [1.165, 1.54) is 0 Å². The summed E-state index contributed by atoms with van der Waals surface area (Å²) in [6.07, 6.45) is 3.56. The Morgan fingerprint density at radius 3 is 2.62 bits per heavy atom. The molecule has 0 spiro atoms. The summed E-state index contributed by atoms with van der Waals surface area (Å²) >= 11 is 0. The SMILES string of the molecule is O=C(CC1COCCN1)NCc1ccc(NC(=O)c2ccncc2)cc1. The molecule has 0 bridgehead atoms. The van der Waals surface area contributed by atoms with Crippen LogP contribution in [0.2, 0.25) is 0 Å². The van der Waals surface area contributed by atoms with Gasteiger partial charge in [0.25, 0.3) is 5.91 Å². The number of morpholine rings is 1. The van der Waals surface area contributed by atoms with Gasteiger partial charge in [-0.2, -0.15) is 0 Å². The molecule has 1 atom stereocenters. The first-order valence-electron chi connectivity index (χ1n) is 8.59. The van der Waals surface area contributed by atoms with E-state index in [-0.39, 0.29) is 17.9 Å². The Balaban J connectivity index is 1.45. The van der Waals surface area contributed by atoms with Crippen molar-refractivity contribution in [3.05, 3.63) is 59.9 Å². The Morgan fingerprint density at radius 2 is 1.92 bits per heavy atom. The molecule has 26 heavy (non-hydrogen) atoms. The number of nitrogens with zero attached hydrogens (tertiary/aromatic N) is 1. The Hall–Kier alpha value is -2.77. The van der Waals surface area contributed by atoms with E-state index in [1.807, 2.05) is 24.3 Å². The molecule has 2 aromatic rings. The van der Waals surface area contributed by atoms with Crippen LogP contribution in [0.15, 0.2) is 48.8 Å². The first kappa shape index (κ1) is 18.0. The van der Waals surface area contributed by atoms with E-state index in [0.717, 1.165) is 12.1 Å². The summed E-state index contributed by atoms with van der Waals surface area (Å²) in [5, 5.41) is 8.99. The van der Waals surface area contributed by atoms with Crippen molar-refractivity contribution < 1.29 is 14.3 Å². The lowest BCUT2D eigenvalue weighted by atomic mass is 10.1. The number of ether oxygens (including phenoxy) is 1. The minimum Gasteiger partial charge on any atom is -0.378 e. The molecule has 7 heteroatoms. The van der Waals surface area contributed by atoms with Gasteiger partial charge in [0.15, 0.2) is 0 Å². The van der Waals surface area contributed by atoms with E-state index in [4.69, 9.17) is 4.74 Å². The van der Waals surface area contributed by atoms with Gasteiger partial charge in [0.1, 0.15) is 0 Å². The second-order valence-corrected chi connectivity index (χ2v) is 6.09. The number of amides is 2. The predicted molar refractivity (Wildman–Crippen MR) is 97.7 cm³/mol. The largest absolute Gasteiger partial charge is 0.378 e. The third kappa shape index (κ3) is 5.37. The molecule has 2 amide bonds. The Kier molecular flexibility index (Phi) is 6.29. The third-order valence-electron chi connectivity index (χ3n) is 4.07. The van der Waals surface area contributed by atoms with E-state index >= 15 is 0 Å². The molecule has 1 aromatic heterocycles. The van der Waals surface area contributed by atoms with Crippen LogP contribution >= 0.6 is 0 Å². The molecule has 0 aliphatic carbocycles. The summed E-state index contributed by atoms with van der Waals surface area (Å²) in [5.74, 6) is -0.196. The van der Waals surface area contributed by atoms with Crippen LogP contribution in [0.3, 0.4) is 0 Å². The third-order valence-corrected chi connectivity index (χ3v) is 4.07. The highest BCUT2D eigenvalue weighted by Crippen LogP contribution is 2.11. The van der Waals surface area contributed by atoms with Gasteiger partial charge in [0.2, 0.25) is 5.91 Å². The number of pyridine rings is 1. The van der Waals surface area contributed by atoms with Gasteiger partial charge in [-0.25, -0.2) is 0 Å². The number of rotatable bonds is 6. The van der Waals surface area contributed by atoms with Crippen molar-refractivity contribution in [1.29, 1.82) is 0 Å². The summed E-state index contributed by atoms with van der Waals surface area (Å²) in [6.45, 7) is 2.50. The predicted octanol–water partition coefficient (Wildman–Crippen LogP) is 1.33. The number of benzene rings is 1. The van der Waals surface area contributed by atoms with Crippen molar-refractivity contribution in [3.8, 4) is 0 Å². The summed E-state index contributed by atoms with van der Waals surface area (Å²) in [4.78, 5) is 28.0. The van der Waals surface area contributed by atoms with Crippen molar-refractivity contribution >= 4 is 17.5 Å². The molecule has 1 aromatic carbocycles. The zero-order valence-electron chi connectivity index (χ0n) is 14.4. The van der Waals surface area contributed by atoms with Crippen molar-refractivity contribution in [2.24, 2.45) is 0 Å². The maximum absolute atomic E-state index is 12.1. The lowest BCUT2D eigenvalue weighted by Gasteiger charge is -2.23. The molecule has 1 saturated heterocycles. The van der Waals surface area contributed by atoms with Crippen LogP contribution in [0, 0.1) is 0 Å². The Morgan fingerprint density at radius 1 is 1.15 bits per heavy atom. The number of hydrogen-bond acceptors (Lipinski definition) is 5. The number of carbonyl (C=O) groups is 2. The van der Waals surface area contributed by atoms with E-state index in [2.05, 4.69) is 20.9 Å². The van der Waals surface area contributed by atoms with Gasteiger partial charge in [-0.15, -0.1) is 0 Å². The van der Waals surface area contributed by atoms with E-state index in [0.29, 0.717) is 37.4 Å². The molecule has 1 fully saturated rings. The van der Waals surface area contributed by atoms with Crippen molar-refractivity contribution in [3.63, 3.8) is 0 Å². The molecule has 136 valence electrons. The van der Waals surface area contributed by atoms with Crippen LogP contribution in [0.4, 0.5) is 5.69 Å². The van der Waals surface area contributed by atoms with Gasteiger partial charge in [-0.05, 0) is 29.8 Å². The van der Waals surface area contributed by atoms with Crippen LogP contribution in [0.1, 0.15) is 22.3 Å². The quantitative estimate of drug-likeness (QED) is 0.728. The molecule has 1 aliphatic heterocycles. The van der Waals surface area contributed by atoms with E-state index < -0.39 is 0 Å². The summed E-state index contributed by atoms with van der Waals surface area (Å²) in [6, 6.07) is 10.8. The second kappa shape index (κ2) is 9.07. The molecule has 7 nitrogen and oxygen atoms in total. The highest BCUT2D eigenvalue weighted by molar-refractivity contribution is 6.04. The number of aromatic nitrogens is 1. The summed E-state index contributed by atoms with van der Waals surface area (Å²) < 4.78 is 5.34. The fraction of sp³-hybridized carbons (Fsp3) is 0.316. The molecular formula is C19H22N4O3. The first-order valence-corrected chi connectivity index (χ1v) is 8.59. The van der Waals surface area contributed by atoms with Crippen LogP contribution in [-0.4, -0.2) is 42.6 Å². The molecule has 1 aliphatic rings. The van der Waals surface area contributed by atoms with Gasteiger partial charge in [-0.1, -0.05) is 12.1 Å². The standard InChI is InChI=1S/C19H22N4O3/c24-18(11-17-13-26-10-9-21-17)22-12-14-1-3-16(4-2-14)23-19(25)15-5-7-20-8-6-15/h1-8,17,21H,9-13H2,(H,22,24)(H,23,25). The van der Waals surface area contributed by atoms with Gasteiger partial charge in [-0.3, -0.25) is 14.6 Å². The van der Waals surface area contributed by atoms with Gasteiger partial charge in [0, 0.05) is 49.2 Å². The molecule has 0 saturated carbocycles. The van der Waals surface area contributed by atoms with Gasteiger partial charge < -0.3 is 20.7 Å². The number of nitrogens with one attached hydrogen (secondary N) is 3. The minimum absolute atomic E-state index is 0.0110. The average molecular weight is 354 g/mol. The molecule has 0 radical (unpaired) electrons. The molecule has 3 rings (SSSR count). The lowest BCUT2D eigenvalue weighted by molar-refractivity contribution is -0.122. The van der Waals surface area contributed by atoms with Crippen LogP contribution in [-0.2, 0) is 16.1 Å². The summed E-state index contributed by atoms with van der Waals surface area (Å²) in [5.41, 5.74) is 2.22. The minimum atomic E-state index is -0.185. The van der Waals surface area contributed by atoms with Crippen LogP contribution in [0.25, 0.3) is 0 Å². The average Bonchev–Trinajstić information content (AvgIpc) is 2.69. The van der Waals surface area contributed by atoms with E-state index in [9.17, 15) is 9.59 Å². The normalized spacial score (nSPS) is 16.7. The monoisotopic (exact) mass is 354 g/mol. The number of carbonyl (C=O) groups excluding carboxylic acids is 2. The van der Waals surface area contributed by atoms with E-state index in [1.54, 1.807) is 24.5 Å². The maximum Gasteiger partial charge on any atom is 0.255 e. The van der Waals surface area contributed by atoms with Gasteiger partial charge in [0.05, 0.1) is 13.2 Å². The fourth-order valence-corrected chi connectivity index (χ4v) is 2.66.